The van der Waals surface area contributed by atoms with Crippen LogP contribution in [0.4, 0.5) is 5.69 Å². The van der Waals surface area contributed by atoms with Crippen LogP contribution in [0.15, 0.2) is 65.3 Å². The van der Waals surface area contributed by atoms with Crippen molar-refractivity contribution in [1.82, 2.24) is 0 Å². The first kappa shape index (κ1) is 18.9. The zero-order valence-electron chi connectivity index (χ0n) is 15.6. The van der Waals surface area contributed by atoms with Crippen molar-refractivity contribution in [3.8, 4) is 6.07 Å². The lowest BCUT2D eigenvalue weighted by molar-refractivity contribution is -0.113. The number of carbonyl (C=O) groups is 1. The van der Waals surface area contributed by atoms with Gasteiger partial charge in [-0.3, -0.25) is 9.69 Å². The van der Waals surface area contributed by atoms with E-state index in [1.165, 1.54) is 17.3 Å². The van der Waals surface area contributed by atoms with Crippen molar-refractivity contribution in [1.29, 1.82) is 5.26 Å². The third-order valence-corrected chi connectivity index (χ3v) is 5.00. The average Bonchev–Trinajstić information content (AvgIpc) is 2.96. The highest BCUT2D eigenvalue weighted by Gasteiger charge is 2.31. The van der Waals surface area contributed by atoms with E-state index >= 15 is 0 Å². The Bertz CT molecular complexity index is 932. The van der Waals surface area contributed by atoms with Gasteiger partial charge in [0, 0.05) is 0 Å². The molecule has 0 bridgehead atoms. The second kappa shape index (κ2) is 7.81. The van der Waals surface area contributed by atoms with Gasteiger partial charge < -0.3 is 0 Å². The molecule has 1 amide bonds. The highest BCUT2D eigenvalue weighted by molar-refractivity contribution is 8.14. The maximum Gasteiger partial charge on any atom is 0.283 e. The van der Waals surface area contributed by atoms with Crippen molar-refractivity contribution < 1.29 is 4.79 Å². The smallest absolute Gasteiger partial charge is 0.266 e. The maximum atomic E-state index is 13.0. The second-order valence-electron chi connectivity index (χ2n) is 7.22. The first-order valence-corrected chi connectivity index (χ1v) is 9.69. The molecule has 2 aromatic carbocycles. The molecular formula is C22H21N3OS. The van der Waals surface area contributed by atoms with E-state index in [9.17, 15) is 4.79 Å². The Balaban J connectivity index is 1.93. The minimum Gasteiger partial charge on any atom is -0.266 e. The van der Waals surface area contributed by atoms with Crippen molar-refractivity contribution in [3.63, 3.8) is 0 Å². The maximum absolute atomic E-state index is 13.0. The number of thioether (sulfide) groups is 1. The van der Waals surface area contributed by atoms with Crippen LogP contribution in [0.1, 0.15) is 31.9 Å². The second-order valence-corrected chi connectivity index (χ2v) is 8.16. The number of rotatable bonds is 3. The summed E-state index contributed by atoms with van der Waals surface area (Å²) < 4.78 is 0. The van der Waals surface area contributed by atoms with Crippen molar-refractivity contribution in [3.05, 3.63) is 71.4 Å². The first-order valence-electron chi connectivity index (χ1n) is 8.70. The molecule has 27 heavy (non-hydrogen) atoms. The van der Waals surface area contributed by atoms with E-state index < -0.39 is 0 Å². The van der Waals surface area contributed by atoms with Gasteiger partial charge in [-0.2, -0.15) is 5.26 Å². The fourth-order valence-corrected chi connectivity index (χ4v) is 3.41. The first-order chi connectivity index (χ1) is 12.9. The lowest BCUT2D eigenvalue weighted by Gasteiger charge is -2.18. The zero-order chi connectivity index (χ0) is 19.4. The third-order valence-electron chi connectivity index (χ3n) is 4.19. The van der Waals surface area contributed by atoms with Gasteiger partial charge in [0.2, 0.25) is 0 Å². The summed E-state index contributed by atoms with van der Waals surface area (Å²) in [7, 11) is 0. The number of hydrogen-bond donors (Lipinski definition) is 0. The van der Waals surface area contributed by atoms with Gasteiger partial charge in [-0.25, -0.2) is 4.99 Å². The summed E-state index contributed by atoms with van der Waals surface area (Å²) >= 11 is 1.26. The normalized spacial score (nSPS) is 15.8. The molecule has 3 rings (SSSR count). The molecule has 5 heteroatoms. The number of nitriles is 1. The third kappa shape index (κ3) is 4.29. The van der Waals surface area contributed by atoms with Crippen molar-refractivity contribution in [2.24, 2.45) is 4.99 Å². The zero-order valence-corrected chi connectivity index (χ0v) is 16.5. The fraction of sp³-hybridized carbons (Fsp3) is 0.227. The summed E-state index contributed by atoms with van der Waals surface area (Å²) in [6.07, 6.45) is 1.80. The summed E-state index contributed by atoms with van der Waals surface area (Å²) in [5.41, 5.74) is 3.37. The molecule has 0 fully saturated rings. The van der Waals surface area contributed by atoms with E-state index in [1.54, 1.807) is 11.0 Å². The highest BCUT2D eigenvalue weighted by Crippen LogP contribution is 2.29. The highest BCUT2D eigenvalue weighted by atomic mass is 32.2. The molecule has 0 atom stereocenters. The molecule has 1 heterocycles. The predicted octanol–water partition coefficient (Wildman–Crippen LogP) is 4.98. The standard InChI is InChI=1S/C22H21N3OS/c1-22(2,3)17-11-9-16(10-12-17)15-19-20(26)25(18-7-5-4-6-8-18)21(24-19)27-14-13-23/h4-12,15H,14H2,1-3H3. The minimum absolute atomic E-state index is 0.0816. The van der Waals surface area contributed by atoms with Crippen LogP contribution in [0.3, 0.4) is 0 Å². The molecule has 1 aliphatic heterocycles. The molecule has 2 aromatic rings. The van der Waals surface area contributed by atoms with E-state index in [0.717, 1.165) is 11.3 Å². The minimum atomic E-state index is -0.179. The van der Waals surface area contributed by atoms with E-state index in [0.29, 0.717) is 10.9 Å². The molecule has 0 unspecified atom stereocenters. The summed E-state index contributed by atoms with van der Waals surface area (Å²) in [5, 5.41) is 9.43. The van der Waals surface area contributed by atoms with Crippen LogP contribution in [-0.4, -0.2) is 16.8 Å². The van der Waals surface area contributed by atoms with Gasteiger partial charge in [-0.1, -0.05) is 75.0 Å². The van der Waals surface area contributed by atoms with Crippen LogP contribution < -0.4 is 4.90 Å². The SMILES string of the molecule is CC(C)(C)c1ccc(C=C2N=C(SCC#N)N(c3ccccc3)C2=O)cc1. The van der Waals surface area contributed by atoms with Crippen molar-refractivity contribution >= 4 is 34.6 Å². The van der Waals surface area contributed by atoms with E-state index in [-0.39, 0.29) is 17.1 Å². The molecular weight excluding hydrogens is 354 g/mol. The van der Waals surface area contributed by atoms with Gasteiger partial charge in [0.1, 0.15) is 5.70 Å². The van der Waals surface area contributed by atoms with Crippen LogP contribution in [0.2, 0.25) is 0 Å². The summed E-state index contributed by atoms with van der Waals surface area (Å²) in [5.74, 6) is 0.0600. The summed E-state index contributed by atoms with van der Waals surface area (Å²) in [4.78, 5) is 19.0. The van der Waals surface area contributed by atoms with Crippen molar-refractivity contribution in [2.45, 2.75) is 26.2 Å². The van der Waals surface area contributed by atoms with E-state index in [4.69, 9.17) is 5.26 Å². The predicted molar refractivity (Wildman–Crippen MR) is 113 cm³/mol. The van der Waals surface area contributed by atoms with Crippen LogP contribution in [0.5, 0.6) is 0 Å². The van der Waals surface area contributed by atoms with Crippen molar-refractivity contribution in [2.75, 3.05) is 10.7 Å². The largest absolute Gasteiger partial charge is 0.283 e. The molecule has 0 saturated carbocycles. The van der Waals surface area contributed by atoms with Gasteiger partial charge in [0.05, 0.1) is 17.5 Å². The number of benzene rings is 2. The van der Waals surface area contributed by atoms with Gasteiger partial charge in [0.15, 0.2) is 5.17 Å². The Labute approximate surface area is 164 Å². The number of hydrogen-bond acceptors (Lipinski definition) is 4. The van der Waals surface area contributed by atoms with Crippen LogP contribution in [-0.2, 0) is 10.2 Å². The number of amides is 1. The molecule has 0 N–H and O–H groups in total. The molecule has 0 saturated heterocycles. The van der Waals surface area contributed by atoms with Crippen LogP contribution in [0.25, 0.3) is 6.08 Å². The Hall–Kier alpha value is -2.84. The Morgan fingerprint density at radius 2 is 1.78 bits per heavy atom. The lowest BCUT2D eigenvalue weighted by atomic mass is 9.87. The molecule has 1 aliphatic rings. The average molecular weight is 375 g/mol. The Kier molecular flexibility index (Phi) is 5.48. The fourth-order valence-electron chi connectivity index (χ4n) is 2.73. The van der Waals surface area contributed by atoms with Gasteiger partial charge in [-0.15, -0.1) is 0 Å². The number of amidine groups is 1. The van der Waals surface area contributed by atoms with E-state index in [2.05, 4.69) is 44.0 Å². The molecule has 0 radical (unpaired) electrons. The van der Waals surface area contributed by atoms with Crippen LogP contribution >= 0.6 is 11.8 Å². The lowest BCUT2D eigenvalue weighted by Crippen LogP contribution is -2.30. The van der Waals surface area contributed by atoms with Gasteiger partial charge in [0.25, 0.3) is 5.91 Å². The summed E-state index contributed by atoms with van der Waals surface area (Å²) in [6.45, 7) is 6.51. The number of nitrogens with zero attached hydrogens (tertiary/aromatic N) is 3. The summed E-state index contributed by atoms with van der Waals surface area (Å²) in [6, 6.07) is 19.6. The monoisotopic (exact) mass is 375 g/mol. The number of aliphatic imine (C=N–C) groups is 1. The Morgan fingerprint density at radius 1 is 1.11 bits per heavy atom. The molecule has 4 nitrogen and oxygen atoms in total. The molecule has 136 valence electrons. The number of para-hydroxylation sites is 1. The van der Waals surface area contributed by atoms with Gasteiger partial charge in [-0.05, 0) is 34.8 Å². The molecule has 0 aliphatic carbocycles. The topological polar surface area (TPSA) is 56.5 Å². The van der Waals surface area contributed by atoms with E-state index in [1.807, 2.05) is 42.5 Å². The quantitative estimate of drug-likeness (QED) is 0.711. The van der Waals surface area contributed by atoms with Gasteiger partial charge >= 0.3 is 0 Å². The number of anilines is 1. The molecule has 0 spiro atoms. The Morgan fingerprint density at radius 3 is 2.37 bits per heavy atom. The number of carbonyl (C=O) groups excluding carboxylic acids is 1. The molecule has 0 aromatic heterocycles. The van der Waals surface area contributed by atoms with Crippen LogP contribution in [0, 0.1) is 11.3 Å².